The number of nitrogens with one attached hydrogen (secondary N) is 1. The Kier molecular flexibility index (Phi) is 3.51. The Morgan fingerprint density at radius 3 is 2.83 bits per heavy atom. The van der Waals surface area contributed by atoms with Gasteiger partial charge in [0.15, 0.2) is 0 Å². The van der Waals surface area contributed by atoms with Crippen molar-refractivity contribution in [1.82, 2.24) is 5.32 Å². The Morgan fingerprint density at radius 2 is 2.33 bits per heavy atom. The second-order valence-electron chi connectivity index (χ2n) is 3.26. The molecule has 0 aliphatic heterocycles. The minimum atomic E-state index is -0.0300. The van der Waals surface area contributed by atoms with Crippen molar-refractivity contribution in [3.63, 3.8) is 0 Å². The molecule has 1 aliphatic carbocycles. The summed E-state index contributed by atoms with van der Waals surface area (Å²) in [6.45, 7) is 4.69. The summed E-state index contributed by atoms with van der Waals surface area (Å²) in [5.41, 5.74) is 0. The first-order chi connectivity index (χ1) is 5.76. The molecule has 1 unspecified atom stereocenters. The van der Waals surface area contributed by atoms with E-state index in [2.05, 4.69) is 11.4 Å². The third-order valence-electron chi connectivity index (χ3n) is 2.18. The van der Waals surface area contributed by atoms with Crippen molar-refractivity contribution >= 4 is 0 Å². The van der Waals surface area contributed by atoms with E-state index in [9.17, 15) is 0 Å². The first-order valence-electron chi connectivity index (χ1n) is 4.53. The molecule has 0 aromatic carbocycles. The topological polar surface area (TPSA) is 45.0 Å². The summed E-state index contributed by atoms with van der Waals surface area (Å²) in [5.74, 6) is 0. The van der Waals surface area contributed by atoms with Crippen LogP contribution in [0.2, 0.25) is 0 Å². The Labute approximate surface area is 73.7 Å². The lowest BCUT2D eigenvalue weighted by atomic mass is 9.89. The number of nitrogens with zero attached hydrogens (tertiary/aromatic N) is 1. The quantitative estimate of drug-likeness (QED) is 0.682. The van der Waals surface area contributed by atoms with Gasteiger partial charge in [-0.1, -0.05) is 0 Å². The lowest BCUT2D eigenvalue weighted by Crippen LogP contribution is -2.48. The van der Waals surface area contributed by atoms with Crippen LogP contribution in [0.15, 0.2) is 0 Å². The number of hydrogen-bond donors (Lipinski definition) is 1. The molecule has 1 N–H and O–H groups in total. The summed E-state index contributed by atoms with van der Waals surface area (Å²) < 4.78 is 5.40. The van der Waals surface area contributed by atoms with Crippen LogP contribution in [0.3, 0.4) is 0 Å². The predicted molar refractivity (Wildman–Crippen MR) is 46.6 cm³/mol. The minimum absolute atomic E-state index is 0.0300. The Hall–Kier alpha value is -0.590. The third kappa shape index (κ3) is 2.47. The molecule has 12 heavy (non-hydrogen) atoms. The maximum absolute atomic E-state index is 8.53. The molecule has 0 aromatic rings. The van der Waals surface area contributed by atoms with Gasteiger partial charge in [0.25, 0.3) is 0 Å². The zero-order chi connectivity index (χ0) is 8.97. The molecule has 3 heteroatoms. The molecule has 0 amide bonds. The van der Waals surface area contributed by atoms with Crippen molar-refractivity contribution in [1.29, 1.82) is 5.26 Å². The van der Waals surface area contributed by atoms with Crippen molar-refractivity contribution in [2.75, 3.05) is 6.61 Å². The smallest absolute Gasteiger partial charge is 0.0926 e. The van der Waals surface area contributed by atoms with Crippen LogP contribution in [-0.4, -0.2) is 24.8 Å². The average Bonchev–Trinajstić information content (AvgIpc) is 2.00. The van der Waals surface area contributed by atoms with E-state index in [-0.39, 0.29) is 6.04 Å². The van der Waals surface area contributed by atoms with Crippen LogP contribution < -0.4 is 5.32 Å². The van der Waals surface area contributed by atoms with Gasteiger partial charge in [0.05, 0.1) is 18.2 Å². The monoisotopic (exact) mass is 168 g/mol. The first-order valence-corrected chi connectivity index (χ1v) is 4.53. The number of nitriles is 1. The highest BCUT2D eigenvalue weighted by Crippen LogP contribution is 2.23. The zero-order valence-corrected chi connectivity index (χ0v) is 7.71. The van der Waals surface area contributed by atoms with Gasteiger partial charge in [-0.15, -0.1) is 0 Å². The molecule has 3 nitrogen and oxygen atoms in total. The SMILES string of the molecule is CCOC1CC(NC(C)C#N)C1. The van der Waals surface area contributed by atoms with E-state index in [0.717, 1.165) is 19.4 Å². The molecule has 0 saturated heterocycles. The molecule has 1 fully saturated rings. The van der Waals surface area contributed by atoms with Crippen LogP contribution in [-0.2, 0) is 4.74 Å². The van der Waals surface area contributed by atoms with Gasteiger partial charge in [-0.3, -0.25) is 5.32 Å². The second-order valence-corrected chi connectivity index (χ2v) is 3.26. The molecular formula is C9H16N2O. The molecule has 1 saturated carbocycles. The van der Waals surface area contributed by atoms with E-state index >= 15 is 0 Å². The van der Waals surface area contributed by atoms with Gasteiger partial charge < -0.3 is 4.74 Å². The lowest BCUT2D eigenvalue weighted by molar-refractivity contribution is -0.0107. The summed E-state index contributed by atoms with van der Waals surface area (Å²) in [4.78, 5) is 0. The highest BCUT2D eigenvalue weighted by molar-refractivity contribution is 4.93. The van der Waals surface area contributed by atoms with Crippen molar-refractivity contribution in [3.8, 4) is 6.07 Å². The molecule has 1 rings (SSSR count). The van der Waals surface area contributed by atoms with E-state index < -0.39 is 0 Å². The maximum Gasteiger partial charge on any atom is 0.0926 e. The van der Waals surface area contributed by atoms with Crippen LogP contribution in [0.25, 0.3) is 0 Å². The van der Waals surface area contributed by atoms with E-state index in [1.165, 1.54) is 0 Å². The molecule has 1 atom stereocenters. The van der Waals surface area contributed by atoms with Crippen molar-refractivity contribution in [2.45, 2.75) is 44.9 Å². The molecule has 1 aliphatic rings. The molecular weight excluding hydrogens is 152 g/mol. The molecule has 0 aromatic heterocycles. The number of ether oxygens (including phenoxy) is 1. The van der Waals surface area contributed by atoms with Crippen molar-refractivity contribution < 1.29 is 4.74 Å². The van der Waals surface area contributed by atoms with E-state index in [1.54, 1.807) is 0 Å². The largest absolute Gasteiger partial charge is 0.378 e. The fourth-order valence-electron chi connectivity index (χ4n) is 1.46. The van der Waals surface area contributed by atoms with Gasteiger partial charge in [0, 0.05) is 12.6 Å². The predicted octanol–water partition coefficient (Wildman–Crippen LogP) is 1.06. The van der Waals surface area contributed by atoms with Crippen molar-refractivity contribution in [3.05, 3.63) is 0 Å². The fourth-order valence-corrected chi connectivity index (χ4v) is 1.46. The van der Waals surface area contributed by atoms with Crippen LogP contribution in [0, 0.1) is 11.3 Å². The third-order valence-corrected chi connectivity index (χ3v) is 2.18. The number of hydrogen-bond acceptors (Lipinski definition) is 3. The summed E-state index contributed by atoms with van der Waals surface area (Å²) in [6, 6.07) is 2.63. The summed E-state index contributed by atoms with van der Waals surface area (Å²) in [6.07, 6.45) is 2.54. The van der Waals surface area contributed by atoms with Crippen LogP contribution in [0.4, 0.5) is 0 Å². The molecule has 0 bridgehead atoms. The number of rotatable bonds is 4. The summed E-state index contributed by atoms with van der Waals surface area (Å²) >= 11 is 0. The molecule has 0 spiro atoms. The summed E-state index contributed by atoms with van der Waals surface area (Å²) in [5, 5.41) is 11.7. The molecule has 0 radical (unpaired) electrons. The molecule has 68 valence electrons. The minimum Gasteiger partial charge on any atom is -0.378 e. The Bertz CT molecular complexity index is 170. The van der Waals surface area contributed by atoms with Crippen molar-refractivity contribution in [2.24, 2.45) is 0 Å². The Morgan fingerprint density at radius 1 is 1.67 bits per heavy atom. The van der Waals surface area contributed by atoms with E-state index in [1.807, 2.05) is 13.8 Å². The van der Waals surface area contributed by atoms with Gasteiger partial charge in [-0.05, 0) is 26.7 Å². The zero-order valence-electron chi connectivity index (χ0n) is 7.71. The Balaban J connectivity index is 2.06. The second kappa shape index (κ2) is 4.44. The van der Waals surface area contributed by atoms with Gasteiger partial charge >= 0.3 is 0 Å². The summed E-state index contributed by atoms with van der Waals surface area (Å²) in [7, 11) is 0. The van der Waals surface area contributed by atoms with Crippen LogP contribution in [0.5, 0.6) is 0 Å². The normalized spacial score (nSPS) is 30.4. The highest BCUT2D eigenvalue weighted by Gasteiger charge is 2.29. The first kappa shape index (κ1) is 9.50. The van der Waals surface area contributed by atoms with E-state index in [4.69, 9.17) is 10.00 Å². The van der Waals surface area contributed by atoms with Gasteiger partial charge in [0.2, 0.25) is 0 Å². The lowest BCUT2D eigenvalue weighted by Gasteiger charge is -2.36. The average molecular weight is 168 g/mol. The van der Waals surface area contributed by atoms with Crippen LogP contribution in [0.1, 0.15) is 26.7 Å². The maximum atomic E-state index is 8.53. The van der Waals surface area contributed by atoms with Gasteiger partial charge in [0.1, 0.15) is 0 Å². The van der Waals surface area contributed by atoms with Gasteiger partial charge in [-0.25, -0.2) is 0 Å². The fraction of sp³-hybridized carbons (Fsp3) is 0.889. The van der Waals surface area contributed by atoms with Gasteiger partial charge in [-0.2, -0.15) is 5.26 Å². The van der Waals surface area contributed by atoms with Crippen LogP contribution >= 0.6 is 0 Å². The molecule has 0 heterocycles. The van der Waals surface area contributed by atoms with E-state index in [0.29, 0.717) is 12.1 Å². The highest BCUT2D eigenvalue weighted by atomic mass is 16.5. The standard InChI is InChI=1S/C9H16N2O/c1-3-12-9-4-8(5-9)11-7(2)6-10/h7-9,11H,3-5H2,1-2H3.